The van der Waals surface area contributed by atoms with Gasteiger partial charge in [-0.05, 0) is 28.1 Å². The van der Waals surface area contributed by atoms with E-state index < -0.39 is 0 Å². The summed E-state index contributed by atoms with van der Waals surface area (Å²) in [7, 11) is 0. The van der Waals surface area contributed by atoms with Gasteiger partial charge in [0, 0.05) is 6.54 Å². The van der Waals surface area contributed by atoms with Gasteiger partial charge in [0.05, 0.1) is 15.4 Å². The molecule has 0 aliphatic heterocycles. The first-order valence-corrected chi connectivity index (χ1v) is 5.24. The number of thiophene rings is 1. The lowest BCUT2D eigenvalue weighted by Gasteiger charge is -2.02. The average Bonchev–Trinajstić information content (AvgIpc) is 2.48. The predicted molar refractivity (Wildman–Crippen MR) is 56.1 cm³/mol. The summed E-state index contributed by atoms with van der Waals surface area (Å²) >= 11 is 4.71. The highest BCUT2D eigenvalue weighted by Gasteiger charge is 2.01. The molecule has 4 nitrogen and oxygen atoms in total. The summed E-state index contributed by atoms with van der Waals surface area (Å²) in [6.07, 6.45) is 0. The van der Waals surface area contributed by atoms with Crippen LogP contribution in [-0.4, -0.2) is 24.3 Å². The van der Waals surface area contributed by atoms with Gasteiger partial charge in [0.1, 0.15) is 0 Å². The van der Waals surface area contributed by atoms with Gasteiger partial charge >= 0.3 is 6.03 Å². The normalized spacial score (nSPS) is 9.69. The van der Waals surface area contributed by atoms with Crippen molar-refractivity contribution >= 4 is 38.3 Å². The number of rotatable bonds is 3. The summed E-state index contributed by atoms with van der Waals surface area (Å²) < 4.78 is 0.963. The summed E-state index contributed by atoms with van der Waals surface area (Å²) in [4.78, 5) is 11.0. The Balaban J connectivity index is 2.36. The van der Waals surface area contributed by atoms with Gasteiger partial charge in [0.15, 0.2) is 0 Å². The summed E-state index contributed by atoms with van der Waals surface area (Å²) in [6, 6.07) is 3.35. The van der Waals surface area contributed by atoms with Gasteiger partial charge in [0.2, 0.25) is 0 Å². The van der Waals surface area contributed by atoms with E-state index in [1.54, 1.807) is 6.07 Å². The molecule has 0 aromatic carbocycles. The quantitative estimate of drug-likeness (QED) is 0.777. The largest absolute Gasteiger partial charge is 0.395 e. The molecule has 6 heteroatoms. The van der Waals surface area contributed by atoms with E-state index in [4.69, 9.17) is 5.11 Å². The van der Waals surface area contributed by atoms with E-state index in [0.717, 1.165) is 8.79 Å². The molecule has 0 spiro atoms. The van der Waals surface area contributed by atoms with Crippen molar-refractivity contribution < 1.29 is 9.90 Å². The summed E-state index contributed by atoms with van der Waals surface area (Å²) in [5, 5.41) is 14.3. The summed E-state index contributed by atoms with van der Waals surface area (Å²) in [6.45, 7) is 0.208. The maximum absolute atomic E-state index is 11.0. The molecule has 0 unspecified atom stereocenters. The van der Waals surface area contributed by atoms with Crippen LogP contribution in [0, 0.1) is 0 Å². The smallest absolute Gasteiger partial charge is 0.319 e. The molecular formula is C7H9BrN2O2S. The molecule has 72 valence electrons. The maximum atomic E-state index is 11.0. The Labute approximate surface area is 88.1 Å². The van der Waals surface area contributed by atoms with Crippen LogP contribution >= 0.6 is 27.3 Å². The SMILES string of the molecule is O=C(NCCO)Nc1ccc(Br)s1. The zero-order valence-corrected chi connectivity index (χ0v) is 9.11. The van der Waals surface area contributed by atoms with Crippen molar-refractivity contribution in [3.05, 3.63) is 15.9 Å². The van der Waals surface area contributed by atoms with Crippen molar-refractivity contribution in [1.29, 1.82) is 0 Å². The molecule has 13 heavy (non-hydrogen) atoms. The minimum atomic E-state index is -0.302. The first-order valence-electron chi connectivity index (χ1n) is 3.63. The number of carbonyl (C=O) groups excluding carboxylic acids is 1. The Morgan fingerprint density at radius 1 is 1.62 bits per heavy atom. The van der Waals surface area contributed by atoms with E-state index in [-0.39, 0.29) is 19.2 Å². The average molecular weight is 265 g/mol. The van der Waals surface area contributed by atoms with Crippen molar-refractivity contribution in [1.82, 2.24) is 5.32 Å². The van der Waals surface area contributed by atoms with Crippen molar-refractivity contribution in [2.45, 2.75) is 0 Å². The standard InChI is InChI=1S/C7H9BrN2O2S/c8-5-1-2-6(13-5)10-7(12)9-3-4-11/h1-2,11H,3-4H2,(H2,9,10,12). The first kappa shape index (κ1) is 10.5. The lowest BCUT2D eigenvalue weighted by atomic mass is 10.6. The van der Waals surface area contributed by atoms with Crippen molar-refractivity contribution in [3.63, 3.8) is 0 Å². The van der Waals surface area contributed by atoms with Crippen molar-refractivity contribution in [3.8, 4) is 0 Å². The van der Waals surface area contributed by atoms with E-state index in [9.17, 15) is 4.79 Å². The molecule has 3 N–H and O–H groups in total. The van der Waals surface area contributed by atoms with Crippen molar-refractivity contribution in [2.75, 3.05) is 18.5 Å². The molecule has 2 amide bonds. The molecule has 0 atom stereocenters. The topological polar surface area (TPSA) is 61.4 Å². The van der Waals surface area contributed by atoms with E-state index in [1.807, 2.05) is 6.07 Å². The van der Waals surface area contributed by atoms with Gasteiger partial charge in [-0.3, -0.25) is 5.32 Å². The second kappa shape index (κ2) is 5.21. The Bertz CT molecular complexity index is 290. The number of aliphatic hydroxyl groups excluding tert-OH is 1. The van der Waals surface area contributed by atoms with Crippen LogP contribution in [0.5, 0.6) is 0 Å². The number of hydrogen-bond acceptors (Lipinski definition) is 3. The van der Waals surface area contributed by atoms with Gasteiger partial charge in [0.25, 0.3) is 0 Å². The molecule has 0 saturated heterocycles. The molecule has 1 aromatic rings. The van der Waals surface area contributed by atoms with E-state index in [2.05, 4.69) is 26.6 Å². The molecule has 0 saturated carbocycles. The minimum absolute atomic E-state index is 0.0540. The molecule has 0 bridgehead atoms. The van der Waals surface area contributed by atoms with Gasteiger partial charge in [-0.15, -0.1) is 11.3 Å². The van der Waals surface area contributed by atoms with Crippen LogP contribution in [0.25, 0.3) is 0 Å². The number of hydrogen-bond donors (Lipinski definition) is 3. The van der Waals surface area contributed by atoms with Crippen LogP contribution < -0.4 is 10.6 Å². The molecule has 1 heterocycles. The number of anilines is 1. The lowest BCUT2D eigenvalue weighted by Crippen LogP contribution is -2.30. The fourth-order valence-corrected chi connectivity index (χ4v) is 1.99. The highest BCUT2D eigenvalue weighted by Crippen LogP contribution is 2.26. The van der Waals surface area contributed by atoms with Gasteiger partial charge in [-0.2, -0.15) is 0 Å². The van der Waals surface area contributed by atoms with Crippen LogP contribution in [0.3, 0.4) is 0 Å². The molecule has 0 fully saturated rings. The number of aliphatic hydroxyl groups is 1. The molecule has 0 aliphatic carbocycles. The van der Waals surface area contributed by atoms with Gasteiger partial charge < -0.3 is 10.4 Å². The lowest BCUT2D eigenvalue weighted by molar-refractivity contribution is 0.245. The maximum Gasteiger partial charge on any atom is 0.319 e. The molecule has 1 rings (SSSR count). The second-order valence-electron chi connectivity index (χ2n) is 2.21. The number of halogens is 1. The van der Waals surface area contributed by atoms with E-state index >= 15 is 0 Å². The Morgan fingerprint density at radius 2 is 2.38 bits per heavy atom. The number of urea groups is 1. The highest BCUT2D eigenvalue weighted by molar-refractivity contribution is 9.11. The second-order valence-corrected chi connectivity index (χ2v) is 4.67. The molecular weight excluding hydrogens is 256 g/mol. The zero-order chi connectivity index (χ0) is 9.68. The summed E-state index contributed by atoms with van der Waals surface area (Å²) in [5.41, 5.74) is 0. The first-order chi connectivity index (χ1) is 6.22. The van der Waals surface area contributed by atoms with Crippen LogP contribution in [0.2, 0.25) is 0 Å². The third kappa shape index (κ3) is 3.75. The molecule has 0 radical (unpaired) electrons. The van der Waals surface area contributed by atoms with Crippen LogP contribution in [0.1, 0.15) is 0 Å². The minimum Gasteiger partial charge on any atom is -0.395 e. The predicted octanol–water partition coefficient (Wildman–Crippen LogP) is 1.62. The Kier molecular flexibility index (Phi) is 4.20. The van der Waals surface area contributed by atoms with Crippen LogP contribution in [-0.2, 0) is 0 Å². The van der Waals surface area contributed by atoms with Crippen LogP contribution in [0.4, 0.5) is 9.80 Å². The number of nitrogens with one attached hydrogen (secondary N) is 2. The van der Waals surface area contributed by atoms with Gasteiger partial charge in [-0.1, -0.05) is 0 Å². The van der Waals surface area contributed by atoms with Crippen LogP contribution in [0.15, 0.2) is 15.9 Å². The Morgan fingerprint density at radius 3 is 2.92 bits per heavy atom. The van der Waals surface area contributed by atoms with Gasteiger partial charge in [-0.25, -0.2) is 4.79 Å². The number of carbonyl (C=O) groups is 1. The Hall–Kier alpha value is -0.590. The van der Waals surface area contributed by atoms with E-state index in [0.29, 0.717) is 0 Å². The fraction of sp³-hybridized carbons (Fsp3) is 0.286. The van der Waals surface area contributed by atoms with Crippen molar-refractivity contribution in [2.24, 2.45) is 0 Å². The fourth-order valence-electron chi connectivity index (χ4n) is 0.707. The highest BCUT2D eigenvalue weighted by atomic mass is 79.9. The third-order valence-electron chi connectivity index (χ3n) is 1.21. The number of amides is 2. The zero-order valence-electron chi connectivity index (χ0n) is 6.71. The third-order valence-corrected chi connectivity index (χ3v) is 2.75. The molecule has 1 aromatic heterocycles. The van der Waals surface area contributed by atoms with E-state index in [1.165, 1.54) is 11.3 Å². The monoisotopic (exact) mass is 264 g/mol. The summed E-state index contributed by atoms with van der Waals surface area (Å²) in [5.74, 6) is 0. The molecule has 0 aliphatic rings.